The first-order valence-electron chi connectivity index (χ1n) is 10.0. The fraction of sp³-hybridized carbons (Fsp3) is 0.238. The fourth-order valence-corrected chi connectivity index (χ4v) is 3.09. The summed E-state index contributed by atoms with van der Waals surface area (Å²) in [5, 5.41) is 18.3. The number of nitro benzene ring substituents is 1. The van der Waals surface area contributed by atoms with Crippen molar-refractivity contribution >= 4 is 35.4 Å². The first kappa shape index (κ1) is 21.1. The minimum atomic E-state index is -0.450. The zero-order valence-electron chi connectivity index (χ0n) is 17.4. The number of aromatic nitrogens is 3. The molecule has 1 fully saturated rings. The van der Waals surface area contributed by atoms with Gasteiger partial charge in [0.1, 0.15) is 0 Å². The Bertz CT molecular complexity index is 1130. The molecule has 11 heteroatoms. The summed E-state index contributed by atoms with van der Waals surface area (Å²) in [6.07, 6.45) is 1.47. The summed E-state index contributed by atoms with van der Waals surface area (Å²) in [5.41, 5.74) is 5.31. The first-order valence-corrected chi connectivity index (χ1v) is 10.0. The Labute approximate surface area is 184 Å². The van der Waals surface area contributed by atoms with Gasteiger partial charge in [0.2, 0.25) is 17.8 Å². The maximum absolute atomic E-state index is 10.9. The lowest BCUT2D eigenvalue weighted by atomic mass is 10.2. The van der Waals surface area contributed by atoms with Crippen molar-refractivity contribution < 1.29 is 9.66 Å². The lowest BCUT2D eigenvalue weighted by Gasteiger charge is -2.27. The molecule has 4 rings (SSSR count). The second-order valence-electron chi connectivity index (χ2n) is 7.04. The van der Waals surface area contributed by atoms with Gasteiger partial charge in [0, 0.05) is 36.5 Å². The Morgan fingerprint density at radius 2 is 1.88 bits per heavy atom. The van der Waals surface area contributed by atoms with E-state index in [2.05, 4.69) is 30.8 Å². The summed E-state index contributed by atoms with van der Waals surface area (Å²) in [4.78, 5) is 26.0. The molecule has 3 aromatic rings. The third kappa shape index (κ3) is 5.32. The van der Waals surface area contributed by atoms with Gasteiger partial charge in [0.05, 0.1) is 24.4 Å². The maximum atomic E-state index is 10.9. The number of para-hydroxylation sites is 1. The van der Waals surface area contributed by atoms with Crippen LogP contribution in [-0.2, 0) is 4.74 Å². The van der Waals surface area contributed by atoms with Crippen LogP contribution in [0.3, 0.4) is 0 Å². The van der Waals surface area contributed by atoms with Gasteiger partial charge in [-0.2, -0.15) is 20.1 Å². The lowest BCUT2D eigenvalue weighted by molar-refractivity contribution is -0.384. The monoisotopic (exact) mass is 434 g/mol. The van der Waals surface area contributed by atoms with Crippen molar-refractivity contribution in [3.8, 4) is 0 Å². The van der Waals surface area contributed by atoms with Gasteiger partial charge >= 0.3 is 0 Å². The van der Waals surface area contributed by atoms with E-state index in [1.807, 2.05) is 36.1 Å². The van der Waals surface area contributed by atoms with E-state index < -0.39 is 4.92 Å². The van der Waals surface area contributed by atoms with Crippen molar-refractivity contribution in [2.75, 3.05) is 41.9 Å². The number of non-ortho nitro benzene ring substituents is 1. The number of rotatable bonds is 7. The number of aryl methyl sites for hydroxylation is 1. The number of nitro groups is 1. The first-order chi connectivity index (χ1) is 15.6. The molecule has 1 aliphatic heterocycles. The van der Waals surface area contributed by atoms with E-state index in [1.54, 1.807) is 12.1 Å². The van der Waals surface area contributed by atoms with Gasteiger partial charge in [-0.25, -0.2) is 5.43 Å². The molecule has 164 valence electrons. The Hall–Kier alpha value is -4.12. The van der Waals surface area contributed by atoms with Crippen LogP contribution < -0.4 is 15.6 Å². The Morgan fingerprint density at radius 1 is 1.09 bits per heavy atom. The van der Waals surface area contributed by atoms with Crippen molar-refractivity contribution in [1.82, 2.24) is 15.0 Å². The van der Waals surface area contributed by atoms with Crippen molar-refractivity contribution in [3.05, 3.63) is 69.8 Å². The molecule has 0 radical (unpaired) electrons. The van der Waals surface area contributed by atoms with E-state index in [0.29, 0.717) is 43.8 Å². The number of hydrogen-bond donors (Lipinski definition) is 2. The quantitative estimate of drug-likeness (QED) is 0.327. The topological polar surface area (TPSA) is 131 Å². The van der Waals surface area contributed by atoms with Gasteiger partial charge in [-0.15, -0.1) is 0 Å². The highest BCUT2D eigenvalue weighted by Crippen LogP contribution is 2.21. The molecular weight excluding hydrogens is 412 g/mol. The molecular formula is C21H22N8O3. The number of morpholine rings is 1. The molecule has 0 bridgehead atoms. The van der Waals surface area contributed by atoms with Crippen molar-refractivity contribution in [1.29, 1.82) is 0 Å². The largest absolute Gasteiger partial charge is 0.378 e. The van der Waals surface area contributed by atoms with Gasteiger partial charge in [0.25, 0.3) is 5.69 Å². The third-order valence-electron chi connectivity index (χ3n) is 4.77. The van der Waals surface area contributed by atoms with Crippen LogP contribution in [0.25, 0.3) is 0 Å². The molecule has 0 saturated carbocycles. The molecule has 0 spiro atoms. The van der Waals surface area contributed by atoms with E-state index in [9.17, 15) is 10.1 Å². The summed E-state index contributed by atoms with van der Waals surface area (Å²) in [6.45, 7) is 4.53. The van der Waals surface area contributed by atoms with Gasteiger partial charge in [-0.1, -0.05) is 30.3 Å². The highest BCUT2D eigenvalue weighted by Gasteiger charge is 2.17. The van der Waals surface area contributed by atoms with E-state index in [-0.39, 0.29) is 11.6 Å². The molecule has 2 heterocycles. The number of nitrogens with zero attached hydrogens (tertiary/aromatic N) is 6. The second-order valence-corrected chi connectivity index (χ2v) is 7.04. The molecule has 11 nitrogen and oxygen atoms in total. The molecule has 0 unspecified atom stereocenters. The van der Waals surface area contributed by atoms with Crippen LogP contribution in [0.15, 0.2) is 53.6 Å². The average molecular weight is 434 g/mol. The summed E-state index contributed by atoms with van der Waals surface area (Å²) >= 11 is 0. The average Bonchev–Trinajstić information content (AvgIpc) is 2.81. The fourth-order valence-electron chi connectivity index (χ4n) is 3.09. The minimum absolute atomic E-state index is 0.00608. The number of hydrogen-bond acceptors (Lipinski definition) is 10. The Kier molecular flexibility index (Phi) is 6.46. The molecule has 2 N–H and O–H groups in total. The van der Waals surface area contributed by atoms with Crippen molar-refractivity contribution in [3.63, 3.8) is 0 Å². The summed E-state index contributed by atoms with van der Waals surface area (Å²) in [6, 6.07) is 14.0. The van der Waals surface area contributed by atoms with Crippen LogP contribution in [0, 0.1) is 17.0 Å². The van der Waals surface area contributed by atoms with E-state index in [0.717, 1.165) is 11.3 Å². The van der Waals surface area contributed by atoms with Crippen LogP contribution in [0.5, 0.6) is 0 Å². The maximum Gasteiger partial charge on any atom is 0.270 e. The summed E-state index contributed by atoms with van der Waals surface area (Å²) in [7, 11) is 0. The number of hydrazone groups is 1. The summed E-state index contributed by atoms with van der Waals surface area (Å²) in [5.74, 6) is 1.13. The molecule has 1 aliphatic rings. The Morgan fingerprint density at radius 3 is 2.66 bits per heavy atom. The lowest BCUT2D eigenvalue weighted by Crippen LogP contribution is -2.37. The molecule has 0 aliphatic carbocycles. The predicted molar refractivity (Wildman–Crippen MR) is 122 cm³/mol. The predicted octanol–water partition coefficient (Wildman–Crippen LogP) is 3.11. The SMILES string of the molecule is Cc1ccccc1Nc1nc(NN=Cc2cccc([N+](=O)[O-])c2)nc(N2CCOCC2)n1. The number of ether oxygens (including phenoxy) is 1. The molecule has 32 heavy (non-hydrogen) atoms. The zero-order valence-corrected chi connectivity index (χ0v) is 17.4. The molecule has 1 aromatic heterocycles. The third-order valence-corrected chi connectivity index (χ3v) is 4.77. The molecule has 2 aromatic carbocycles. The van der Waals surface area contributed by atoms with Crippen molar-refractivity contribution in [2.45, 2.75) is 6.92 Å². The van der Waals surface area contributed by atoms with Gasteiger partial charge in [0.15, 0.2) is 0 Å². The van der Waals surface area contributed by atoms with E-state index >= 15 is 0 Å². The number of anilines is 4. The molecule has 1 saturated heterocycles. The van der Waals surface area contributed by atoms with E-state index in [4.69, 9.17) is 4.74 Å². The van der Waals surface area contributed by atoms with Crippen LogP contribution in [-0.4, -0.2) is 52.4 Å². The number of benzene rings is 2. The van der Waals surface area contributed by atoms with Crippen molar-refractivity contribution in [2.24, 2.45) is 5.10 Å². The minimum Gasteiger partial charge on any atom is -0.378 e. The Balaban J connectivity index is 1.57. The van der Waals surface area contributed by atoms with Gasteiger partial charge in [-0.3, -0.25) is 10.1 Å². The standard InChI is InChI=1S/C21H22N8O3/c1-15-5-2-3-8-18(15)23-19-24-20(26-21(25-19)28-9-11-32-12-10-28)27-22-14-16-6-4-7-17(13-16)29(30)31/h2-8,13-14H,9-12H2,1H3,(H2,23,24,25,26,27). The number of nitrogens with one attached hydrogen (secondary N) is 2. The summed E-state index contributed by atoms with van der Waals surface area (Å²) < 4.78 is 5.42. The second kappa shape index (κ2) is 9.79. The molecule has 0 amide bonds. The van der Waals surface area contributed by atoms with Crippen LogP contribution >= 0.6 is 0 Å². The smallest absolute Gasteiger partial charge is 0.270 e. The molecule has 0 atom stereocenters. The van der Waals surface area contributed by atoms with Gasteiger partial charge < -0.3 is 15.0 Å². The zero-order chi connectivity index (χ0) is 22.3. The van der Waals surface area contributed by atoms with Crippen LogP contribution in [0.1, 0.15) is 11.1 Å². The van der Waals surface area contributed by atoms with Crippen LogP contribution in [0.4, 0.5) is 29.2 Å². The highest BCUT2D eigenvalue weighted by atomic mass is 16.6. The van der Waals surface area contributed by atoms with E-state index in [1.165, 1.54) is 18.3 Å². The normalized spacial score (nSPS) is 13.8. The highest BCUT2D eigenvalue weighted by molar-refractivity contribution is 5.81. The van der Waals surface area contributed by atoms with Gasteiger partial charge in [-0.05, 0) is 18.6 Å². The van der Waals surface area contributed by atoms with Crippen LogP contribution in [0.2, 0.25) is 0 Å².